The Hall–Kier alpha value is -3.42. The second-order valence-corrected chi connectivity index (χ2v) is 5.88. The normalized spacial score (nSPS) is 10.3. The molecule has 0 aromatic heterocycles. The molecule has 0 saturated heterocycles. The number of amides is 1. The Morgan fingerprint density at radius 3 is 2.08 bits per heavy atom. The minimum Gasteiger partial charge on any atom is -0.325 e. The number of carbonyl (C=O) groups excluding carboxylic acids is 1. The second kappa shape index (κ2) is 8.61. The van der Waals surface area contributed by atoms with Crippen LogP contribution in [-0.4, -0.2) is 12.5 Å². The van der Waals surface area contributed by atoms with Gasteiger partial charge < -0.3 is 5.32 Å². The lowest BCUT2D eigenvalue weighted by atomic mass is 9.99. The largest absolute Gasteiger partial charge is 0.325 e. The maximum Gasteiger partial charge on any atom is 0.238 e. The van der Waals surface area contributed by atoms with Gasteiger partial charge in [0, 0.05) is 5.69 Å². The van der Waals surface area contributed by atoms with E-state index in [4.69, 9.17) is 5.26 Å². The Morgan fingerprint density at radius 1 is 0.885 bits per heavy atom. The van der Waals surface area contributed by atoms with Crippen LogP contribution in [0.15, 0.2) is 84.9 Å². The third kappa shape index (κ3) is 4.56. The van der Waals surface area contributed by atoms with Crippen LogP contribution in [-0.2, 0) is 4.79 Å². The lowest BCUT2D eigenvalue weighted by Gasteiger charge is -2.19. The van der Waals surface area contributed by atoms with Gasteiger partial charge in [0.05, 0.1) is 24.2 Å². The quantitative estimate of drug-likeness (QED) is 0.715. The molecule has 3 aromatic carbocycles. The first-order chi connectivity index (χ1) is 12.8. The molecule has 0 saturated carbocycles. The Labute approximate surface area is 153 Å². The summed E-state index contributed by atoms with van der Waals surface area (Å²) < 4.78 is 0. The first kappa shape index (κ1) is 17.4. The molecule has 0 atom stereocenters. The van der Waals surface area contributed by atoms with E-state index in [0.717, 1.165) is 11.1 Å². The molecule has 0 spiro atoms. The molecule has 1 amide bonds. The van der Waals surface area contributed by atoms with Gasteiger partial charge in [-0.1, -0.05) is 66.7 Å². The summed E-state index contributed by atoms with van der Waals surface area (Å²) in [6.45, 7) is 0.158. The molecule has 3 aromatic rings. The molecular formula is C22H19N3O. The zero-order valence-corrected chi connectivity index (χ0v) is 14.2. The van der Waals surface area contributed by atoms with E-state index < -0.39 is 0 Å². The van der Waals surface area contributed by atoms with Crippen LogP contribution >= 0.6 is 0 Å². The van der Waals surface area contributed by atoms with Crippen LogP contribution in [0.1, 0.15) is 22.7 Å². The highest BCUT2D eigenvalue weighted by Gasteiger charge is 2.14. The molecule has 3 rings (SSSR count). The molecule has 2 N–H and O–H groups in total. The maximum absolute atomic E-state index is 12.3. The monoisotopic (exact) mass is 341 g/mol. The van der Waals surface area contributed by atoms with E-state index in [1.54, 1.807) is 24.3 Å². The predicted octanol–water partition coefficient (Wildman–Crippen LogP) is 3.88. The summed E-state index contributed by atoms with van der Waals surface area (Å²) in [5, 5.41) is 15.1. The molecular weight excluding hydrogens is 322 g/mol. The molecule has 0 bridgehead atoms. The fraction of sp³-hybridized carbons (Fsp3) is 0.0909. The fourth-order valence-electron chi connectivity index (χ4n) is 2.79. The van der Waals surface area contributed by atoms with Crippen molar-refractivity contribution >= 4 is 11.6 Å². The maximum atomic E-state index is 12.3. The number of rotatable bonds is 6. The highest BCUT2D eigenvalue weighted by molar-refractivity contribution is 5.92. The molecule has 0 unspecified atom stereocenters. The number of benzene rings is 3. The second-order valence-electron chi connectivity index (χ2n) is 5.88. The Morgan fingerprint density at radius 2 is 1.50 bits per heavy atom. The van der Waals surface area contributed by atoms with Crippen molar-refractivity contribution in [3.05, 3.63) is 102 Å². The Bertz CT molecular complexity index is 862. The molecule has 0 fully saturated rings. The van der Waals surface area contributed by atoms with Gasteiger partial charge in [-0.3, -0.25) is 10.1 Å². The Balaban J connectivity index is 1.70. The standard InChI is InChI=1S/C22H19N3O/c23-15-17-8-7-13-20(14-17)25-21(26)16-24-22(18-9-3-1-4-10-18)19-11-5-2-6-12-19/h1-14,22,24H,16H2,(H,25,26). The minimum atomic E-state index is -0.156. The highest BCUT2D eigenvalue weighted by Crippen LogP contribution is 2.21. The molecule has 0 radical (unpaired) electrons. The predicted molar refractivity (Wildman–Crippen MR) is 103 cm³/mol. The summed E-state index contributed by atoms with van der Waals surface area (Å²) in [7, 11) is 0. The summed E-state index contributed by atoms with van der Waals surface area (Å²) in [5.74, 6) is -0.156. The summed E-state index contributed by atoms with van der Waals surface area (Å²) in [6.07, 6.45) is 0. The third-order valence-corrected chi connectivity index (χ3v) is 4.01. The lowest BCUT2D eigenvalue weighted by Crippen LogP contribution is -2.31. The molecule has 128 valence electrons. The number of nitrogens with one attached hydrogen (secondary N) is 2. The van der Waals surface area contributed by atoms with Crippen molar-refractivity contribution in [1.82, 2.24) is 5.32 Å². The van der Waals surface area contributed by atoms with E-state index in [-0.39, 0.29) is 18.5 Å². The van der Waals surface area contributed by atoms with Crippen LogP contribution in [0, 0.1) is 11.3 Å². The number of hydrogen-bond acceptors (Lipinski definition) is 3. The lowest BCUT2D eigenvalue weighted by molar-refractivity contribution is -0.115. The van der Waals surface area contributed by atoms with Gasteiger partial charge in [0.15, 0.2) is 0 Å². The van der Waals surface area contributed by atoms with Gasteiger partial charge in [0.2, 0.25) is 5.91 Å². The van der Waals surface area contributed by atoms with Gasteiger partial charge in [-0.25, -0.2) is 0 Å². The Kier molecular flexibility index (Phi) is 5.76. The van der Waals surface area contributed by atoms with Gasteiger partial charge in [0.1, 0.15) is 0 Å². The van der Waals surface area contributed by atoms with Crippen LogP contribution in [0.25, 0.3) is 0 Å². The van der Waals surface area contributed by atoms with Crippen LogP contribution in [0.5, 0.6) is 0 Å². The van der Waals surface area contributed by atoms with Gasteiger partial charge in [-0.15, -0.1) is 0 Å². The molecule has 4 nitrogen and oxygen atoms in total. The first-order valence-electron chi connectivity index (χ1n) is 8.39. The molecule has 4 heteroatoms. The van der Waals surface area contributed by atoms with E-state index >= 15 is 0 Å². The van der Waals surface area contributed by atoms with Crippen molar-refractivity contribution in [3.63, 3.8) is 0 Å². The van der Waals surface area contributed by atoms with E-state index in [0.29, 0.717) is 11.3 Å². The van der Waals surface area contributed by atoms with Crippen LogP contribution in [0.3, 0.4) is 0 Å². The third-order valence-electron chi connectivity index (χ3n) is 4.01. The molecule has 0 heterocycles. The van der Waals surface area contributed by atoms with Crippen LogP contribution in [0.2, 0.25) is 0 Å². The van der Waals surface area contributed by atoms with E-state index in [1.807, 2.05) is 60.7 Å². The van der Waals surface area contributed by atoms with E-state index in [1.165, 1.54) is 0 Å². The van der Waals surface area contributed by atoms with Crippen molar-refractivity contribution in [1.29, 1.82) is 5.26 Å². The molecule has 0 aliphatic rings. The van der Waals surface area contributed by atoms with Gasteiger partial charge in [-0.2, -0.15) is 5.26 Å². The zero-order valence-electron chi connectivity index (χ0n) is 14.2. The zero-order chi connectivity index (χ0) is 18.2. The van der Waals surface area contributed by atoms with Crippen LogP contribution < -0.4 is 10.6 Å². The van der Waals surface area contributed by atoms with E-state index in [2.05, 4.69) is 16.7 Å². The van der Waals surface area contributed by atoms with Crippen molar-refractivity contribution in [3.8, 4) is 6.07 Å². The number of nitrogens with zero attached hydrogens (tertiary/aromatic N) is 1. The smallest absolute Gasteiger partial charge is 0.238 e. The number of anilines is 1. The van der Waals surface area contributed by atoms with Crippen molar-refractivity contribution in [2.75, 3.05) is 11.9 Å². The van der Waals surface area contributed by atoms with Gasteiger partial charge in [0.25, 0.3) is 0 Å². The number of carbonyl (C=O) groups is 1. The SMILES string of the molecule is N#Cc1cccc(NC(=O)CNC(c2ccccc2)c2ccccc2)c1. The number of hydrogen-bond donors (Lipinski definition) is 2. The average molecular weight is 341 g/mol. The first-order valence-corrected chi connectivity index (χ1v) is 8.39. The van der Waals surface area contributed by atoms with Crippen molar-refractivity contribution in [2.45, 2.75) is 6.04 Å². The number of nitriles is 1. The van der Waals surface area contributed by atoms with Gasteiger partial charge >= 0.3 is 0 Å². The average Bonchev–Trinajstić information content (AvgIpc) is 2.70. The summed E-state index contributed by atoms with van der Waals surface area (Å²) >= 11 is 0. The summed E-state index contributed by atoms with van der Waals surface area (Å²) in [4.78, 5) is 12.3. The summed E-state index contributed by atoms with van der Waals surface area (Å²) in [6, 6.07) is 28.9. The van der Waals surface area contributed by atoms with Crippen molar-refractivity contribution in [2.24, 2.45) is 0 Å². The topological polar surface area (TPSA) is 64.9 Å². The van der Waals surface area contributed by atoms with Crippen LogP contribution in [0.4, 0.5) is 5.69 Å². The highest BCUT2D eigenvalue weighted by atomic mass is 16.1. The molecule has 26 heavy (non-hydrogen) atoms. The van der Waals surface area contributed by atoms with Crippen molar-refractivity contribution < 1.29 is 4.79 Å². The molecule has 0 aliphatic heterocycles. The van der Waals surface area contributed by atoms with Gasteiger partial charge in [-0.05, 0) is 29.3 Å². The minimum absolute atomic E-state index is 0.0754. The fourth-order valence-corrected chi connectivity index (χ4v) is 2.79. The summed E-state index contributed by atoms with van der Waals surface area (Å²) in [5.41, 5.74) is 3.32. The van der Waals surface area contributed by atoms with E-state index in [9.17, 15) is 4.79 Å². The molecule has 0 aliphatic carbocycles.